The van der Waals surface area contributed by atoms with Gasteiger partial charge in [-0.05, 0) is 30.7 Å². The van der Waals surface area contributed by atoms with E-state index in [1.807, 2.05) is 0 Å². The highest BCUT2D eigenvalue weighted by atomic mass is 35.5. The van der Waals surface area contributed by atoms with Crippen LogP contribution in [0.2, 0.25) is 5.02 Å². The van der Waals surface area contributed by atoms with Crippen molar-refractivity contribution in [2.75, 3.05) is 6.61 Å². The average molecular weight is 230 g/mol. The predicted octanol–water partition coefficient (Wildman–Crippen LogP) is 2.00. The predicted molar refractivity (Wildman–Crippen MR) is 56.1 cm³/mol. The normalized spacial score (nSPS) is 9.73. The van der Waals surface area contributed by atoms with Gasteiger partial charge >= 0.3 is 0 Å². The molecule has 0 aliphatic carbocycles. The highest BCUT2D eigenvalue weighted by molar-refractivity contribution is 6.30. The van der Waals surface area contributed by atoms with Crippen molar-refractivity contribution >= 4 is 17.5 Å². The van der Waals surface area contributed by atoms with E-state index in [0.717, 1.165) is 0 Å². The molecule has 0 spiro atoms. The molecule has 1 amide bonds. The van der Waals surface area contributed by atoms with Crippen molar-refractivity contribution in [1.82, 2.24) is 5.48 Å². The lowest BCUT2D eigenvalue weighted by atomic mass is 10.3. The topological polar surface area (TPSA) is 58.6 Å². The van der Waals surface area contributed by atoms with Gasteiger partial charge in [0.15, 0.2) is 0 Å². The molecule has 82 valence electrons. The number of halogens is 1. The minimum atomic E-state index is -0.408. The van der Waals surface area contributed by atoms with Crippen molar-refractivity contribution in [3.8, 4) is 5.75 Å². The maximum absolute atomic E-state index is 10.6. The van der Waals surface area contributed by atoms with Crippen LogP contribution in [0.5, 0.6) is 5.75 Å². The molecule has 0 atom stereocenters. The quantitative estimate of drug-likeness (QED) is 0.461. The first kappa shape index (κ1) is 11.8. The molecule has 0 saturated carbocycles. The van der Waals surface area contributed by atoms with Gasteiger partial charge in [-0.25, -0.2) is 5.48 Å². The van der Waals surface area contributed by atoms with Crippen LogP contribution in [-0.4, -0.2) is 17.7 Å². The molecule has 0 unspecified atom stereocenters. The molecule has 0 heterocycles. The Labute approximate surface area is 92.8 Å². The standard InChI is InChI=1S/C10H12ClNO3/c11-8-3-5-9(6-4-8)15-7-1-2-10(13)12-14/h3-6,14H,1-2,7H2,(H,12,13). The van der Waals surface area contributed by atoms with Gasteiger partial charge in [0.05, 0.1) is 6.61 Å². The van der Waals surface area contributed by atoms with E-state index in [9.17, 15) is 4.79 Å². The molecule has 0 saturated heterocycles. The molecule has 0 aliphatic heterocycles. The Morgan fingerprint density at radius 3 is 2.67 bits per heavy atom. The van der Waals surface area contributed by atoms with Crippen LogP contribution in [0, 0.1) is 0 Å². The molecule has 1 rings (SSSR count). The highest BCUT2D eigenvalue weighted by Gasteiger charge is 1.99. The van der Waals surface area contributed by atoms with Gasteiger partial charge in [-0.15, -0.1) is 0 Å². The molecule has 0 aliphatic rings. The van der Waals surface area contributed by atoms with Crippen molar-refractivity contribution in [3.05, 3.63) is 29.3 Å². The minimum Gasteiger partial charge on any atom is -0.494 e. The number of amides is 1. The third kappa shape index (κ3) is 4.67. The SMILES string of the molecule is O=C(CCCOc1ccc(Cl)cc1)NO. The number of hydrogen-bond acceptors (Lipinski definition) is 3. The summed E-state index contributed by atoms with van der Waals surface area (Å²) in [4.78, 5) is 10.6. The van der Waals surface area contributed by atoms with Crippen LogP contribution in [0.1, 0.15) is 12.8 Å². The average Bonchev–Trinajstić information content (AvgIpc) is 2.26. The number of ether oxygens (including phenoxy) is 1. The summed E-state index contributed by atoms with van der Waals surface area (Å²) in [6, 6.07) is 6.98. The number of nitrogens with one attached hydrogen (secondary N) is 1. The van der Waals surface area contributed by atoms with Crippen LogP contribution in [-0.2, 0) is 4.79 Å². The molecular weight excluding hydrogens is 218 g/mol. The number of hydrogen-bond donors (Lipinski definition) is 2. The second kappa shape index (κ2) is 6.27. The Balaban J connectivity index is 2.20. The van der Waals surface area contributed by atoms with Crippen molar-refractivity contribution < 1.29 is 14.7 Å². The molecule has 0 bridgehead atoms. The smallest absolute Gasteiger partial charge is 0.243 e. The number of carbonyl (C=O) groups excluding carboxylic acids is 1. The fourth-order valence-electron chi connectivity index (χ4n) is 1.01. The summed E-state index contributed by atoms with van der Waals surface area (Å²) in [7, 11) is 0. The van der Waals surface area contributed by atoms with E-state index < -0.39 is 5.91 Å². The van der Waals surface area contributed by atoms with Crippen LogP contribution < -0.4 is 10.2 Å². The van der Waals surface area contributed by atoms with Gasteiger partial charge in [0.25, 0.3) is 0 Å². The van der Waals surface area contributed by atoms with Crippen molar-refractivity contribution in [1.29, 1.82) is 0 Å². The summed E-state index contributed by atoms with van der Waals surface area (Å²) >= 11 is 5.70. The fraction of sp³-hybridized carbons (Fsp3) is 0.300. The minimum absolute atomic E-state index is 0.240. The van der Waals surface area contributed by atoms with Crippen LogP contribution in [0.15, 0.2) is 24.3 Å². The number of rotatable bonds is 5. The van der Waals surface area contributed by atoms with Crippen molar-refractivity contribution in [2.45, 2.75) is 12.8 Å². The largest absolute Gasteiger partial charge is 0.494 e. The van der Waals surface area contributed by atoms with Crippen LogP contribution in [0.25, 0.3) is 0 Å². The summed E-state index contributed by atoms with van der Waals surface area (Å²) < 4.78 is 5.34. The highest BCUT2D eigenvalue weighted by Crippen LogP contribution is 2.15. The maximum atomic E-state index is 10.6. The van der Waals surface area contributed by atoms with Gasteiger partial charge in [-0.1, -0.05) is 11.6 Å². The Hall–Kier alpha value is -1.26. The molecule has 1 aromatic carbocycles. The lowest BCUT2D eigenvalue weighted by molar-refractivity contribution is -0.129. The Kier molecular flexibility index (Phi) is 4.93. The van der Waals surface area contributed by atoms with Crippen LogP contribution >= 0.6 is 11.6 Å². The van der Waals surface area contributed by atoms with Gasteiger partial charge in [0, 0.05) is 11.4 Å². The third-order valence-corrected chi connectivity index (χ3v) is 2.01. The van der Waals surface area contributed by atoms with Crippen molar-refractivity contribution in [3.63, 3.8) is 0 Å². The van der Waals surface area contributed by atoms with E-state index in [-0.39, 0.29) is 6.42 Å². The number of hydroxylamine groups is 1. The summed E-state index contributed by atoms with van der Waals surface area (Å²) in [5.41, 5.74) is 1.56. The molecule has 0 aromatic heterocycles. The van der Waals surface area contributed by atoms with E-state index >= 15 is 0 Å². The Morgan fingerprint density at radius 1 is 1.40 bits per heavy atom. The fourth-order valence-corrected chi connectivity index (χ4v) is 1.14. The summed E-state index contributed by atoms with van der Waals surface area (Å²) in [5, 5.41) is 8.88. The lowest BCUT2D eigenvalue weighted by Gasteiger charge is -2.05. The molecule has 0 radical (unpaired) electrons. The maximum Gasteiger partial charge on any atom is 0.243 e. The van der Waals surface area contributed by atoms with Gasteiger partial charge < -0.3 is 4.74 Å². The van der Waals surface area contributed by atoms with Crippen LogP contribution in [0.4, 0.5) is 0 Å². The molecule has 4 nitrogen and oxygen atoms in total. The first-order valence-corrected chi connectivity index (χ1v) is 4.91. The zero-order chi connectivity index (χ0) is 11.1. The summed E-state index contributed by atoms with van der Waals surface area (Å²) in [5.74, 6) is 0.304. The first-order valence-electron chi connectivity index (χ1n) is 4.53. The first-order chi connectivity index (χ1) is 7.22. The summed E-state index contributed by atoms with van der Waals surface area (Å²) in [6.07, 6.45) is 0.791. The van der Waals surface area contributed by atoms with E-state index in [1.54, 1.807) is 29.7 Å². The van der Waals surface area contributed by atoms with E-state index in [4.69, 9.17) is 21.5 Å². The third-order valence-electron chi connectivity index (χ3n) is 1.76. The van der Waals surface area contributed by atoms with E-state index in [0.29, 0.717) is 23.8 Å². The second-order valence-corrected chi connectivity index (χ2v) is 3.38. The molecule has 0 fully saturated rings. The molecular formula is C10H12ClNO3. The zero-order valence-electron chi connectivity index (χ0n) is 8.07. The number of carbonyl (C=O) groups is 1. The monoisotopic (exact) mass is 229 g/mol. The molecule has 2 N–H and O–H groups in total. The van der Waals surface area contributed by atoms with Gasteiger partial charge in [0.1, 0.15) is 5.75 Å². The molecule has 15 heavy (non-hydrogen) atoms. The molecule has 5 heteroatoms. The van der Waals surface area contributed by atoms with Crippen LogP contribution in [0.3, 0.4) is 0 Å². The summed E-state index contributed by atoms with van der Waals surface area (Å²) in [6.45, 7) is 0.426. The van der Waals surface area contributed by atoms with Gasteiger partial charge in [-0.3, -0.25) is 10.0 Å². The van der Waals surface area contributed by atoms with Crippen molar-refractivity contribution in [2.24, 2.45) is 0 Å². The van der Waals surface area contributed by atoms with Gasteiger partial charge in [0.2, 0.25) is 5.91 Å². The Bertz CT molecular complexity index is 313. The zero-order valence-corrected chi connectivity index (χ0v) is 8.83. The molecule has 1 aromatic rings. The Morgan fingerprint density at radius 2 is 2.07 bits per heavy atom. The second-order valence-electron chi connectivity index (χ2n) is 2.94. The lowest BCUT2D eigenvalue weighted by Crippen LogP contribution is -2.18. The number of benzene rings is 1. The van der Waals surface area contributed by atoms with E-state index in [2.05, 4.69) is 0 Å². The van der Waals surface area contributed by atoms with E-state index in [1.165, 1.54) is 0 Å². The van der Waals surface area contributed by atoms with Gasteiger partial charge in [-0.2, -0.15) is 0 Å².